The van der Waals surface area contributed by atoms with Gasteiger partial charge in [0.2, 0.25) is 0 Å². The van der Waals surface area contributed by atoms with Crippen LogP contribution in [0.2, 0.25) is 0 Å². The average Bonchev–Trinajstić information content (AvgIpc) is 2.28. The summed E-state index contributed by atoms with van der Waals surface area (Å²) in [6.07, 6.45) is -0.848. The standard InChI is InChI=1S/C13H12FNO/c14-11-6-10(7-12(15)8-11)13(16)9-4-2-1-3-5-9/h1-8,13,16H,15H2. The Bertz CT molecular complexity index is 464. The smallest absolute Gasteiger partial charge is 0.125 e. The van der Waals surface area contributed by atoms with E-state index in [9.17, 15) is 9.50 Å². The van der Waals surface area contributed by atoms with Crippen molar-refractivity contribution in [1.82, 2.24) is 0 Å². The van der Waals surface area contributed by atoms with Gasteiger partial charge in [-0.2, -0.15) is 0 Å². The fourth-order valence-corrected chi connectivity index (χ4v) is 1.62. The molecule has 0 aliphatic heterocycles. The van der Waals surface area contributed by atoms with E-state index >= 15 is 0 Å². The van der Waals surface area contributed by atoms with Crippen LogP contribution in [0.1, 0.15) is 17.2 Å². The Morgan fingerprint density at radius 1 is 1.00 bits per heavy atom. The predicted octanol–water partition coefficient (Wildman–Crippen LogP) is 2.49. The van der Waals surface area contributed by atoms with Gasteiger partial charge in [0.1, 0.15) is 11.9 Å². The summed E-state index contributed by atoms with van der Waals surface area (Å²) in [7, 11) is 0. The number of anilines is 1. The zero-order valence-electron chi connectivity index (χ0n) is 8.60. The van der Waals surface area contributed by atoms with Gasteiger partial charge in [0.05, 0.1) is 0 Å². The molecule has 1 unspecified atom stereocenters. The zero-order chi connectivity index (χ0) is 11.5. The molecule has 3 N–H and O–H groups in total. The van der Waals surface area contributed by atoms with Crippen molar-refractivity contribution in [3.8, 4) is 0 Å². The Balaban J connectivity index is 2.37. The molecule has 2 aromatic rings. The molecule has 1 atom stereocenters. The maximum Gasteiger partial charge on any atom is 0.125 e. The molecule has 2 nitrogen and oxygen atoms in total. The van der Waals surface area contributed by atoms with Crippen LogP contribution in [0.3, 0.4) is 0 Å². The summed E-state index contributed by atoms with van der Waals surface area (Å²) in [5.74, 6) is -0.440. The molecular weight excluding hydrogens is 205 g/mol. The first-order valence-electron chi connectivity index (χ1n) is 4.96. The van der Waals surface area contributed by atoms with Crippen molar-refractivity contribution in [2.24, 2.45) is 0 Å². The van der Waals surface area contributed by atoms with Crippen LogP contribution in [0.4, 0.5) is 10.1 Å². The van der Waals surface area contributed by atoms with Gasteiger partial charge in [-0.25, -0.2) is 4.39 Å². The van der Waals surface area contributed by atoms with Crippen LogP contribution in [0.25, 0.3) is 0 Å². The molecule has 0 bridgehead atoms. The molecule has 0 spiro atoms. The van der Waals surface area contributed by atoms with E-state index in [0.717, 1.165) is 0 Å². The van der Waals surface area contributed by atoms with Crippen molar-refractivity contribution >= 4 is 5.69 Å². The number of aliphatic hydroxyl groups is 1. The fraction of sp³-hybridized carbons (Fsp3) is 0.0769. The van der Waals surface area contributed by atoms with Crippen LogP contribution in [0, 0.1) is 5.82 Å². The van der Waals surface area contributed by atoms with Gasteiger partial charge >= 0.3 is 0 Å². The highest BCUT2D eigenvalue weighted by Crippen LogP contribution is 2.24. The molecule has 0 aromatic heterocycles. The third-order valence-electron chi connectivity index (χ3n) is 2.37. The summed E-state index contributed by atoms with van der Waals surface area (Å²) in [4.78, 5) is 0. The van der Waals surface area contributed by atoms with Crippen molar-refractivity contribution in [2.75, 3.05) is 5.73 Å². The second kappa shape index (κ2) is 4.33. The van der Waals surface area contributed by atoms with Crippen molar-refractivity contribution in [1.29, 1.82) is 0 Å². The van der Waals surface area contributed by atoms with Crippen LogP contribution in [0.5, 0.6) is 0 Å². The lowest BCUT2D eigenvalue weighted by Crippen LogP contribution is -2.01. The SMILES string of the molecule is Nc1cc(F)cc(C(O)c2ccccc2)c1. The lowest BCUT2D eigenvalue weighted by molar-refractivity contribution is 0.220. The van der Waals surface area contributed by atoms with E-state index in [1.54, 1.807) is 18.2 Å². The van der Waals surface area contributed by atoms with Gasteiger partial charge in [-0.1, -0.05) is 30.3 Å². The molecule has 2 aromatic carbocycles. The molecule has 0 amide bonds. The van der Waals surface area contributed by atoms with Gasteiger partial charge in [-0.15, -0.1) is 0 Å². The largest absolute Gasteiger partial charge is 0.399 e. The monoisotopic (exact) mass is 217 g/mol. The maximum absolute atomic E-state index is 13.1. The lowest BCUT2D eigenvalue weighted by Gasteiger charge is -2.12. The van der Waals surface area contributed by atoms with Crippen LogP contribution in [-0.4, -0.2) is 5.11 Å². The molecule has 0 fully saturated rings. The van der Waals surface area contributed by atoms with Crippen molar-refractivity contribution in [2.45, 2.75) is 6.10 Å². The number of nitrogen functional groups attached to an aromatic ring is 1. The fourth-order valence-electron chi connectivity index (χ4n) is 1.62. The number of halogens is 1. The van der Waals surface area contributed by atoms with Crippen LogP contribution < -0.4 is 5.73 Å². The Morgan fingerprint density at radius 2 is 1.69 bits per heavy atom. The molecule has 3 heteroatoms. The molecule has 2 rings (SSSR count). The first-order valence-corrected chi connectivity index (χ1v) is 4.96. The average molecular weight is 217 g/mol. The molecule has 0 saturated carbocycles. The van der Waals surface area contributed by atoms with Crippen molar-refractivity contribution < 1.29 is 9.50 Å². The normalized spacial score (nSPS) is 12.4. The van der Waals surface area contributed by atoms with E-state index in [4.69, 9.17) is 5.73 Å². The van der Waals surface area contributed by atoms with Crippen LogP contribution >= 0.6 is 0 Å². The van der Waals surface area contributed by atoms with Gasteiger partial charge in [0.15, 0.2) is 0 Å². The highest BCUT2D eigenvalue weighted by molar-refractivity contribution is 5.44. The minimum atomic E-state index is -0.848. The Kier molecular flexibility index (Phi) is 2.88. The number of benzene rings is 2. The zero-order valence-corrected chi connectivity index (χ0v) is 8.60. The highest BCUT2D eigenvalue weighted by atomic mass is 19.1. The highest BCUT2D eigenvalue weighted by Gasteiger charge is 2.11. The minimum absolute atomic E-state index is 0.310. The van der Waals surface area contributed by atoms with E-state index in [1.807, 2.05) is 18.2 Å². The second-order valence-corrected chi connectivity index (χ2v) is 3.63. The summed E-state index contributed by atoms with van der Waals surface area (Å²) in [5, 5.41) is 10.0. The summed E-state index contributed by atoms with van der Waals surface area (Å²) >= 11 is 0. The maximum atomic E-state index is 13.1. The van der Waals surface area contributed by atoms with Gasteiger partial charge in [-0.3, -0.25) is 0 Å². The van der Waals surface area contributed by atoms with E-state index in [2.05, 4.69) is 0 Å². The van der Waals surface area contributed by atoms with E-state index in [1.165, 1.54) is 12.1 Å². The Hall–Kier alpha value is -1.87. The molecule has 0 aliphatic carbocycles. The molecule has 0 aliphatic rings. The topological polar surface area (TPSA) is 46.2 Å². The predicted molar refractivity (Wildman–Crippen MR) is 61.3 cm³/mol. The Morgan fingerprint density at radius 3 is 2.31 bits per heavy atom. The number of hydrogen-bond acceptors (Lipinski definition) is 2. The third-order valence-corrected chi connectivity index (χ3v) is 2.37. The van der Waals surface area contributed by atoms with Gasteiger partial charge in [0.25, 0.3) is 0 Å². The number of hydrogen-bond donors (Lipinski definition) is 2. The molecule has 82 valence electrons. The Labute approximate surface area is 93.2 Å². The molecule has 16 heavy (non-hydrogen) atoms. The van der Waals surface area contributed by atoms with Gasteiger partial charge in [0, 0.05) is 5.69 Å². The summed E-state index contributed by atoms with van der Waals surface area (Å²) < 4.78 is 13.1. The summed E-state index contributed by atoms with van der Waals surface area (Å²) in [6, 6.07) is 13.1. The van der Waals surface area contributed by atoms with E-state index in [-0.39, 0.29) is 0 Å². The van der Waals surface area contributed by atoms with E-state index in [0.29, 0.717) is 16.8 Å². The van der Waals surface area contributed by atoms with Crippen molar-refractivity contribution in [3.63, 3.8) is 0 Å². The summed E-state index contributed by atoms with van der Waals surface area (Å²) in [6.45, 7) is 0. The number of rotatable bonds is 2. The number of aliphatic hydroxyl groups excluding tert-OH is 1. The third kappa shape index (κ3) is 2.20. The first kappa shape index (κ1) is 10.6. The molecular formula is C13H12FNO. The first-order chi connectivity index (χ1) is 7.66. The summed E-state index contributed by atoms with van der Waals surface area (Å²) in [5.41, 5.74) is 7.01. The van der Waals surface area contributed by atoms with Gasteiger partial charge < -0.3 is 10.8 Å². The molecule has 0 saturated heterocycles. The van der Waals surface area contributed by atoms with Crippen molar-refractivity contribution in [3.05, 3.63) is 65.5 Å². The van der Waals surface area contributed by atoms with Crippen LogP contribution in [0.15, 0.2) is 48.5 Å². The second-order valence-electron chi connectivity index (χ2n) is 3.63. The lowest BCUT2D eigenvalue weighted by atomic mass is 10.0. The van der Waals surface area contributed by atoms with Crippen LogP contribution in [-0.2, 0) is 0 Å². The molecule has 0 heterocycles. The van der Waals surface area contributed by atoms with Gasteiger partial charge in [-0.05, 0) is 29.3 Å². The minimum Gasteiger partial charge on any atom is -0.399 e. The number of nitrogens with two attached hydrogens (primary N) is 1. The molecule has 0 radical (unpaired) electrons. The van der Waals surface area contributed by atoms with E-state index < -0.39 is 11.9 Å². The quantitative estimate of drug-likeness (QED) is 0.759.